The molecule has 0 unspecified atom stereocenters. The molecule has 0 aromatic heterocycles. The van der Waals surface area contributed by atoms with Crippen molar-refractivity contribution in [3.05, 3.63) is 0 Å². The van der Waals surface area contributed by atoms with E-state index in [1.807, 2.05) is 0 Å². The van der Waals surface area contributed by atoms with Gasteiger partial charge in [-0.05, 0) is 27.7 Å². The second-order valence-electron chi connectivity index (χ2n) is 4.13. The molecule has 0 aromatic rings. The second-order valence-corrected chi connectivity index (χ2v) is 7.88. The molecule has 10 nitrogen and oxygen atoms in total. The highest BCUT2D eigenvalue weighted by molar-refractivity contribution is 7.71. The molecule has 0 N–H and O–H groups in total. The zero-order valence-corrected chi connectivity index (χ0v) is 17.0. The van der Waals surface area contributed by atoms with Crippen LogP contribution in [0, 0.1) is 11.8 Å². The van der Waals surface area contributed by atoms with Gasteiger partial charge in [0, 0.05) is 0 Å². The fourth-order valence-electron chi connectivity index (χ4n) is 1.42. The van der Waals surface area contributed by atoms with E-state index in [0.717, 1.165) is 0 Å². The molecule has 12 heteroatoms. The normalized spacial score (nSPS) is 11.4. The Morgan fingerprint density at radius 3 is 1.15 bits per heavy atom. The molecule has 26 heavy (non-hydrogen) atoms. The zero-order chi connectivity index (χ0) is 20.1. The first-order valence-electron chi connectivity index (χ1n) is 7.88. The van der Waals surface area contributed by atoms with Crippen LogP contribution in [0.5, 0.6) is 0 Å². The third kappa shape index (κ3) is 8.45. The molecule has 150 valence electrons. The summed E-state index contributed by atoms with van der Waals surface area (Å²) in [4.78, 5) is 23.4. The van der Waals surface area contributed by atoms with Crippen molar-refractivity contribution >= 4 is 26.6 Å². The molecule has 0 saturated heterocycles. The molecule has 0 fully saturated rings. The van der Waals surface area contributed by atoms with Crippen LogP contribution in [0.4, 0.5) is 9.59 Å². The van der Waals surface area contributed by atoms with Crippen molar-refractivity contribution < 1.29 is 46.3 Å². The number of hydrogen-bond acceptors (Lipinski definition) is 10. The van der Waals surface area contributed by atoms with Gasteiger partial charge in [0.25, 0.3) is 0 Å². The molecule has 0 heterocycles. The van der Waals surface area contributed by atoms with E-state index in [2.05, 4.69) is 11.8 Å². The van der Waals surface area contributed by atoms with E-state index in [1.165, 1.54) is 0 Å². The van der Waals surface area contributed by atoms with Gasteiger partial charge in [-0.2, -0.15) is 0 Å². The number of hydrogen-bond donors (Lipinski definition) is 0. The van der Waals surface area contributed by atoms with Gasteiger partial charge in [0.1, 0.15) is 0 Å². The van der Waals surface area contributed by atoms with Crippen LogP contribution in [-0.2, 0) is 36.7 Å². The van der Waals surface area contributed by atoms with E-state index < -0.39 is 39.8 Å². The standard InChI is InChI=1S/C14H24O10P2/c1-5-21-25(17,22-6-2)13(15)19-11-9-10-12-20-14(16)26(18,23-7-3)24-8-4/h5-8,11-12H2,1-4H3. The van der Waals surface area contributed by atoms with Gasteiger partial charge in [-0.1, -0.05) is 11.8 Å². The van der Waals surface area contributed by atoms with Gasteiger partial charge in [0.05, 0.1) is 26.4 Å². The number of rotatable bonds is 12. The second kappa shape index (κ2) is 13.0. The predicted octanol–water partition coefficient (Wildman–Crippen LogP) is 3.80. The van der Waals surface area contributed by atoms with Crippen molar-refractivity contribution in [2.24, 2.45) is 0 Å². The molecule has 0 rings (SSSR count). The molecule has 0 aromatic carbocycles. The first kappa shape index (κ1) is 24.8. The summed E-state index contributed by atoms with van der Waals surface area (Å²) in [7, 11) is -8.01. The van der Waals surface area contributed by atoms with Crippen molar-refractivity contribution in [2.75, 3.05) is 39.6 Å². The van der Waals surface area contributed by atoms with Crippen LogP contribution in [0.1, 0.15) is 27.7 Å². The Balaban J connectivity index is 4.47. The van der Waals surface area contributed by atoms with Gasteiger partial charge in [-0.3, -0.25) is 0 Å². The molecule has 0 aliphatic rings. The Morgan fingerprint density at radius 1 is 0.654 bits per heavy atom. The van der Waals surface area contributed by atoms with Crippen LogP contribution in [0.25, 0.3) is 0 Å². The Kier molecular flexibility index (Phi) is 12.4. The Morgan fingerprint density at radius 2 is 0.923 bits per heavy atom. The molecule has 0 radical (unpaired) electrons. The maximum atomic E-state index is 12.1. The zero-order valence-electron chi connectivity index (χ0n) is 15.2. The lowest BCUT2D eigenvalue weighted by molar-refractivity contribution is 0.157. The van der Waals surface area contributed by atoms with Gasteiger partial charge in [-0.15, -0.1) is 0 Å². The maximum absolute atomic E-state index is 12.1. The molecular formula is C14H24O10P2. The minimum Gasteiger partial charge on any atom is -0.443 e. The largest absolute Gasteiger partial charge is 0.443 e. The Hall–Kier alpha value is -1.20. The van der Waals surface area contributed by atoms with E-state index >= 15 is 0 Å². The molecule has 0 spiro atoms. The summed E-state index contributed by atoms with van der Waals surface area (Å²) in [6.45, 7) is 5.40. The summed E-state index contributed by atoms with van der Waals surface area (Å²) < 4.78 is 52.7. The highest BCUT2D eigenvalue weighted by Crippen LogP contribution is 2.50. The van der Waals surface area contributed by atoms with Crippen molar-refractivity contribution in [1.82, 2.24) is 0 Å². The number of carbonyl (C=O) groups is 2. The first-order valence-corrected chi connectivity index (χ1v) is 11.0. The highest BCUT2D eigenvalue weighted by atomic mass is 31.2. The Bertz CT molecular complexity index is 537. The summed E-state index contributed by atoms with van der Waals surface area (Å²) in [5.41, 5.74) is -2.32. The lowest BCUT2D eigenvalue weighted by Crippen LogP contribution is -2.10. The van der Waals surface area contributed by atoms with Crippen LogP contribution >= 0.6 is 15.2 Å². The summed E-state index contributed by atoms with van der Waals surface area (Å²) in [5, 5.41) is 0. The fraction of sp³-hybridized carbons (Fsp3) is 0.714. The van der Waals surface area contributed by atoms with E-state index in [4.69, 9.17) is 27.6 Å². The first-order chi connectivity index (χ1) is 12.3. The average Bonchev–Trinajstić information content (AvgIpc) is 2.58. The van der Waals surface area contributed by atoms with E-state index in [0.29, 0.717) is 0 Å². The average molecular weight is 414 g/mol. The lowest BCUT2D eigenvalue weighted by Gasteiger charge is -2.14. The smallest absolute Gasteiger partial charge is 0.438 e. The summed E-state index contributed by atoms with van der Waals surface area (Å²) in [6, 6.07) is 0. The van der Waals surface area contributed by atoms with E-state index in [9.17, 15) is 18.7 Å². The van der Waals surface area contributed by atoms with E-state index in [1.54, 1.807) is 27.7 Å². The number of carbonyl (C=O) groups excluding carboxylic acids is 2. The maximum Gasteiger partial charge on any atom is 0.438 e. The lowest BCUT2D eigenvalue weighted by atomic mass is 10.6. The van der Waals surface area contributed by atoms with Gasteiger partial charge >= 0.3 is 26.6 Å². The minimum atomic E-state index is -4.00. The van der Waals surface area contributed by atoms with Crippen molar-refractivity contribution in [1.29, 1.82) is 0 Å². The van der Waals surface area contributed by atoms with Crippen molar-refractivity contribution in [3.63, 3.8) is 0 Å². The van der Waals surface area contributed by atoms with Crippen LogP contribution in [-0.4, -0.2) is 51.1 Å². The quantitative estimate of drug-likeness (QED) is 0.344. The molecule has 0 saturated carbocycles. The number of ether oxygens (including phenoxy) is 2. The fourth-order valence-corrected chi connectivity index (χ4v) is 3.80. The van der Waals surface area contributed by atoms with Crippen LogP contribution in [0.2, 0.25) is 0 Å². The molecule has 0 aliphatic carbocycles. The summed E-state index contributed by atoms with van der Waals surface area (Å²) >= 11 is 0. The van der Waals surface area contributed by atoms with Crippen LogP contribution in [0.3, 0.4) is 0 Å². The van der Waals surface area contributed by atoms with Gasteiger partial charge in [-0.25, -0.2) is 18.7 Å². The summed E-state index contributed by atoms with van der Waals surface area (Å²) in [6.07, 6.45) is 0. The summed E-state index contributed by atoms with van der Waals surface area (Å²) in [5.74, 6) is 4.74. The Labute approximate surface area is 152 Å². The van der Waals surface area contributed by atoms with Gasteiger partial charge in [0.15, 0.2) is 13.2 Å². The van der Waals surface area contributed by atoms with Crippen LogP contribution < -0.4 is 0 Å². The van der Waals surface area contributed by atoms with Crippen molar-refractivity contribution in [3.8, 4) is 11.8 Å². The SMILES string of the molecule is CCOP(=O)(OCC)C(=O)OCC#CCOC(=O)P(=O)(OCC)OCC. The molecule has 0 aliphatic heterocycles. The third-order valence-electron chi connectivity index (χ3n) is 2.30. The molecule has 0 bridgehead atoms. The molecule has 0 amide bonds. The molecular weight excluding hydrogens is 390 g/mol. The topological polar surface area (TPSA) is 124 Å². The van der Waals surface area contributed by atoms with E-state index in [-0.39, 0.29) is 26.4 Å². The highest BCUT2D eigenvalue weighted by Gasteiger charge is 2.37. The minimum absolute atomic E-state index is 0.00766. The van der Waals surface area contributed by atoms with Crippen LogP contribution in [0.15, 0.2) is 0 Å². The third-order valence-corrected chi connectivity index (χ3v) is 5.85. The monoisotopic (exact) mass is 414 g/mol. The van der Waals surface area contributed by atoms with Gasteiger partial charge < -0.3 is 27.6 Å². The van der Waals surface area contributed by atoms with Gasteiger partial charge in [0.2, 0.25) is 0 Å². The predicted molar refractivity (Wildman–Crippen MR) is 92.2 cm³/mol. The van der Waals surface area contributed by atoms with Crippen molar-refractivity contribution in [2.45, 2.75) is 27.7 Å². The molecule has 0 atom stereocenters.